The van der Waals surface area contributed by atoms with Gasteiger partial charge in [0.2, 0.25) is 0 Å². The van der Waals surface area contributed by atoms with Crippen LogP contribution in [0.3, 0.4) is 0 Å². The van der Waals surface area contributed by atoms with E-state index in [1.54, 1.807) is 25.2 Å². The molecular formula is C17H19FN3O4+. The van der Waals surface area contributed by atoms with Crippen LogP contribution in [0.4, 0.5) is 15.8 Å². The Balaban J connectivity index is 2.02. The number of nitrogens with zero attached hydrogens (tertiary/aromatic N) is 1. The van der Waals surface area contributed by atoms with Gasteiger partial charge < -0.3 is 15.0 Å². The fourth-order valence-electron chi connectivity index (χ4n) is 2.39. The first-order valence-corrected chi connectivity index (χ1v) is 7.57. The van der Waals surface area contributed by atoms with Gasteiger partial charge in [-0.3, -0.25) is 14.9 Å². The van der Waals surface area contributed by atoms with E-state index in [0.29, 0.717) is 17.9 Å². The summed E-state index contributed by atoms with van der Waals surface area (Å²) in [4.78, 5) is 23.4. The SMILES string of the molecule is COc1ccc(NC(=O)C[NH+](C)Cc2ccccc2F)c([N+](=O)[O-])c1. The highest BCUT2D eigenvalue weighted by Gasteiger charge is 2.19. The number of nitro benzene ring substituents is 1. The highest BCUT2D eigenvalue weighted by Crippen LogP contribution is 2.28. The molecule has 2 aromatic rings. The number of nitrogens with one attached hydrogen (secondary N) is 2. The third kappa shape index (κ3) is 4.98. The number of anilines is 1. The molecular weight excluding hydrogens is 329 g/mol. The third-order valence-corrected chi connectivity index (χ3v) is 3.59. The molecule has 0 aliphatic heterocycles. The van der Waals surface area contributed by atoms with Crippen LogP contribution in [0.25, 0.3) is 0 Å². The zero-order valence-electron chi connectivity index (χ0n) is 13.9. The van der Waals surface area contributed by atoms with E-state index in [4.69, 9.17) is 4.74 Å². The minimum atomic E-state index is -0.589. The van der Waals surface area contributed by atoms with Crippen LogP contribution in [-0.4, -0.2) is 31.5 Å². The minimum Gasteiger partial charge on any atom is -0.496 e. The van der Waals surface area contributed by atoms with Crippen molar-refractivity contribution < 1.29 is 23.7 Å². The van der Waals surface area contributed by atoms with Gasteiger partial charge in [0, 0.05) is 5.56 Å². The maximum absolute atomic E-state index is 13.6. The van der Waals surface area contributed by atoms with Gasteiger partial charge >= 0.3 is 0 Å². The monoisotopic (exact) mass is 348 g/mol. The van der Waals surface area contributed by atoms with Crippen LogP contribution in [-0.2, 0) is 11.3 Å². The lowest BCUT2D eigenvalue weighted by atomic mass is 10.2. The number of amides is 1. The van der Waals surface area contributed by atoms with E-state index in [-0.39, 0.29) is 23.7 Å². The fraction of sp³-hybridized carbons (Fsp3) is 0.235. The van der Waals surface area contributed by atoms with Gasteiger partial charge in [0.25, 0.3) is 11.6 Å². The number of methoxy groups -OCH3 is 1. The van der Waals surface area contributed by atoms with E-state index in [9.17, 15) is 19.3 Å². The van der Waals surface area contributed by atoms with Gasteiger partial charge in [-0.05, 0) is 18.2 Å². The second-order valence-electron chi connectivity index (χ2n) is 5.59. The second-order valence-corrected chi connectivity index (χ2v) is 5.59. The molecule has 0 saturated carbocycles. The minimum absolute atomic E-state index is 0.0392. The average Bonchev–Trinajstić information content (AvgIpc) is 2.57. The molecule has 0 bridgehead atoms. The first kappa shape index (κ1) is 18.3. The van der Waals surface area contributed by atoms with Crippen molar-refractivity contribution in [3.05, 3.63) is 64.0 Å². The number of likely N-dealkylation sites (N-methyl/N-ethyl adjacent to an activating group) is 1. The molecule has 2 N–H and O–H groups in total. The van der Waals surface area contributed by atoms with Gasteiger partial charge in [-0.15, -0.1) is 0 Å². The molecule has 1 unspecified atom stereocenters. The fourth-order valence-corrected chi connectivity index (χ4v) is 2.39. The molecule has 0 spiro atoms. The molecule has 0 saturated heterocycles. The number of nitro groups is 1. The van der Waals surface area contributed by atoms with E-state index in [0.717, 1.165) is 4.90 Å². The second kappa shape index (κ2) is 8.20. The Morgan fingerprint density at radius 3 is 2.68 bits per heavy atom. The number of carbonyl (C=O) groups excluding carboxylic acids is 1. The summed E-state index contributed by atoms with van der Waals surface area (Å²) in [6, 6.07) is 10.5. The van der Waals surface area contributed by atoms with Crippen molar-refractivity contribution in [2.24, 2.45) is 0 Å². The molecule has 0 fully saturated rings. The lowest BCUT2D eigenvalue weighted by molar-refractivity contribution is -0.885. The summed E-state index contributed by atoms with van der Waals surface area (Å²) in [7, 11) is 3.15. The summed E-state index contributed by atoms with van der Waals surface area (Å²) in [5.41, 5.74) is 0.345. The maximum atomic E-state index is 13.6. The number of benzene rings is 2. The van der Waals surface area contributed by atoms with Crippen molar-refractivity contribution in [2.45, 2.75) is 6.54 Å². The van der Waals surface area contributed by atoms with E-state index in [1.807, 2.05) is 0 Å². The van der Waals surface area contributed by atoms with Crippen molar-refractivity contribution in [3.8, 4) is 5.75 Å². The molecule has 2 rings (SSSR count). The van der Waals surface area contributed by atoms with Crippen LogP contribution in [0, 0.1) is 15.9 Å². The number of hydrogen-bond acceptors (Lipinski definition) is 4. The number of ether oxygens (including phenoxy) is 1. The number of carbonyl (C=O) groups is 1. The highest BCUT2D eigenvalue weighted by molar-refractivity contribution is 5.93. The van der Waals surface area contributed by atoms with Gasteiger partial charge in [-0.25, -0.2) is 4.39 Å². The molecule has 1 amide bonds. The summed E-state index contributed by atoms with van der Waals surface area (Å²) in [6.45, 7) is 0.363. The summed E-state index contributed by atoms with van der Waals surface area (Å²) in [5.74, 6) is -0.401. The largest absolute Gasteiger partial charge is 0.496 e. The Morgan fingerprint density at radius 1 is 1.32 bits per heavy atom. The molecule has 0 radical (unpaired) electrons. The van der Waals surface area contributed by atoms with Crippen LogP contribution in [0.2, 0.25) is 0 Å². The van der Waals surface area contributed by atoms with Gasteiger partial charge in [0.05, 0.1) is 25.1 Å². The van der Waals surface area contributed by atoms with E-state index in [1.165, 1.54) is 31.4 Å². The third-order valence-electron chi connectivity index (χ3n) is 3.59. The predicted molar refractivity (Wildman–Crippen MR) is 90.1 cm³/mol. The zero-order valence-corrected chi connectivity index (χ0v) is 13.9. The molecule has 0 aromatic heterocycles. The molecule has 7 nitrogen and oxygen atoms in total. The van der Waals surface area contributed by atoms with Gasteiger partial charge in [-0.2, -0.15) is 0 Å². The van der Waals surface area contributed by atoms with Crippen LogP contribution in [0.15, 0.2) is 42.5 Å². The van der Waals surface area contributed by atoms with Crippen molar-refractivity contribution in [2.75, 3.05) is 26.0 Å². The molecule has 25 heavy (non-hydrogen) atoms. The number of rotatable bonds is 7. The molecule has 0 aliphatic rings. The number of quaternary nitrogens is 1. The van der Waals surface area contributed by atoms with E-state index < -0.39 is 10.8 Å². The smallest absolute Gasteiger partial charge is 0.296 e. The van der Waals surface area contributed by atoms with Gasteiger partial charge in [0.1, 0.15) is 23.8 Å². The van der Waals surface area contributed by atoms with Crippen molar-refractivity contribution >= 4 is 17.3 Å². The van der Waals surface area contributed by atoms with Crippen LogP contribution in [0.1, 0.15) is 5.56 Å². The Hall–Kier alpha value is -3.00. The highest BCUT2D eigenvalue weighted by atomic mass is 19.1. The van der Waals surface area contributed by atoms with Crippen LogP contribution < -0.4 is 15.0 Å². The maximum Gasteiger partial charge on any atom is 0.296 e. The number of hydrogen-bond donors (Lipinski definition) is 2. The van der Waals surface area contributed by atoms with Crippen molar-refractivity contribution in [1.82, 2.24) is 0 Å². The molecule has 0 aliphatic carbocycles. The van der Waals surface area contributed by atoms with E-state index >= 15 is 0 Å². The molecule has 2 aromatic carbocycles. The van der Waals surface area contributed by atoms with Gasteiger partial charge in [-0.1, -0.05) is 18.2 Å². The van der Waals surface area contributed by atoms with Crippen LogP contribution in [0.5, 0.6) is 5.75 Å². The quantitative estimate of drug-likeness (QED) is 0.585. The summed E-state index contributed by atoms with van der Waals surface area (Å²) < 4.78 is 18.6. The molecule has 0 heterocycles. The topological polar surface area (TPSA) is 85.9 Å². The normalized spacial score (nSPS) is 11.6. The Morgan fingerprint density at radius 2 is 2.04 bits per heavy atom. The summed E-state index contributed by atoms with van der Waals surface area (Å²) >= 11 is 0. The zero-order chi connectivity index (χ0) is 18.4. The predicted octanol–water partition coefficient (Wildman–Crippen LogP) is 1.40. The average molecular weight is 348 g/mol. The van der Waals surface area contributed by atoms with Crippen molar-refractivity contribution in [3.63, 3.8) is 0 Å². The summed E-state index contributed by atoms with van der Waals surface area (Å²) in [6.07, 6.45) is 0. The Labute approximate surface area is 144 Å². The van der Waals surface area contributed by atoms with Crippen LogP contribution >= 0.6 is 0 Å². The lowest BCUT2D eigenvalue weighted by Crippen LogP contribution is -3.08. The first-order chi connectivity index (χ1) is 11.9. The standard InChI is InChI=1S/C17H18FN3O4/c1-20(10-12-5-3-4-6-14(12)18)11-17(22)19-15-8-7-13(25-2)9-16(15)21(23)24/h3-9H,10-11H2,1-2H3,(H,19,22)/p+1. The Kier molecular flexibility index (Phi) is 6.02. The Bertz CT molecular complexity index is 782. The molecule has 8 heteroatoms. The summed E-state index contributed by atoms with van der Waals surface area (Å²) in [5, 5.41) is 13.6. The molecule has 1 atom stereocenters. The van der Waals surface area contributed by atoms with E-state index in [2.05, 4.69) is 5.32 Å². The number of halogens is 1. The first-order valence-electron chi connectivity index (χ1n) is 7.57. The lowest BCUT2D eigenvalue weighted by Gasteiger charge is -2.14. The van der Waals surface area contributed by atoms with Gasteiger partial charge in [0.15, 0.2) is 6.54 Å². The molecule has 132 valence electrons. The van der Waals surface area contributed by atoms with Crippen molar-refractivity contribution in [1.29, 1.82) is 0 Å².